The van der Waals surface area contributed by atoms with E-state index in [0.717, 1.165) is 43.2 Å². The van der Waals surface area contributed by atoms with Crippen molar-refractivity contribution in [3.8, 4) is 5.75 Å². The van der Waals surface area contributed by atoms with Crippen LogP contribution in [0.1, 0.15) is 62.1 Å². The van der Waals surface area contributed by atoms with Crippen LogP contribution in [-0.4, -0.2) is 6.61 Å². The Morgan fingerprint density at radius 2 is 1.90 bits per heavy atom. The van der Waals surface area contributed by atoms with Gasteiger partial charge < -0.3 is 4.74 Å². The van der Waals surface area contributed by atoms with Gasteiger partial charge in [0.2, 0.25) is 5.82 Å². The molecule has 1 aliphatic rings. The van der Waals surface area contributed by atoms with E-state index < -0.39 is 11.6 Å². The number of hydrogen-bond donors (Lipinski definition) is 0. The maximum absolute atomic E-state index is 14.6. The molecule has 160 valence electrons. The zero-order chi connectivity index (χ0) is 21.5. The average Bonchev–Trinajstić information content (AvgIpc) is 2.75. The number of benzene rings is 2. The van der Waals surface area contributed by atoms with Crippen LogP contribution in [-0.2, 0) is 0 Å². The van der Waals surface area contributed by atoms with Gasteiger partial charge >= 0.3 is 0 Å². The van der Waals surface area contributed by atoms with Crippen molar-refractivity contribution in [2.75, 3.05) is 6.61 Å². The second kappa shape index (κ2) is 10.5. The van der Waals surface area contributed by atoms with Gasteiger partial charge in [-0.3, -0.25) is 0 Å². The number of allylic oxidation sites excluding steroid dienone is 3. The molecule has 1 nitrogen and oxygen atoms in total. The van der Waals surface area contributed by atoms with Gasteiger partial charge in [0.25, 0.3) is 0 Å². The van der Waals surface area contributed by atoms with E-state index in [-0.39, 0.29) is 11.6 Å². The van der Waals surface area contributed by atoms with Crippen LogP contribution < -0.4 is 4.74 Å². The Kier molecular flexibility index (Phi) is 7.78. The third kappa shape index (κ3) is 5.56. The van der Waals surface area contributed by atoms with E-state index in [0.29, 0.717) is 30.1 Å². The quantitative estimate of drug-likeness (QED) is 0.399. The molecule has 2 aromatic carbocycles. The lowest BCUT2D eigenvalue weighted by Crippen LogP contribution is -2.06. The highest BCUT2D eigenvalue weighted by atomic mass is 19.2. The normalized spacial score (nSPS) is 16.7. The third-order valence-electron chi connectivity index (χ3n) is 5.61. The topological polar surface area (TPSA) is 9.23 Å². The molecule has 0 radical (unpaired) electrons. The molecule has 1 atom stereocenters. The second-order valence-corrected chi connectivity index (χ2v) is 7.93. The highest BCUT2D eigenvalue weighted by Gasteiger charge is 2.20. The van der Waals surface area contributed by atoms with Crippen LogP contribution in [0.25, 0.3) is 11.6 Å². The number of hydrogen-bond acceptors (Lipinski definition) is 1. The molecule has 0 saturated heterocycles. The first-order valence-electron chi connectivity index (χ1n) is 10.7. The van der Waals surface area contributed by atoms with Crippen LogP contribution >= 0.6 is 0 Å². The molecular weight excluding hydrogens is 385 g/mol. The molecule has 0 N–H and O–H groups in total. The fraction of sp³-hybridized carbons (Fsp3) is 0.385. The Morgan fingerprint density at radius 1 is 1.07 bits per heavy atom. The van der Waals surface area contributed by atoms with Gasteiger partial charge in [0.1, 0.15) is 5.82 Å². The van der Waals surface area contributed by atoms with Gasteiger partial charge in [0.05, 0.1) is 6.61 Å². The monoisotopic (exact) mass is 414 g/mol. The standard InChI is InChI=1S/C26H29F3O/c1-3-4-5-16-30-24-15-14-22(25(28)26(24)29)21-12-10-19(11-13-21)8-9-20-7-6-18(2)23(27)17-20/h6-9,12,14-15,17,19H,3-5,10-11,13,16H2,1-2H3/b9-8+. The number of halogens is 3. The van der Waals surface area contributed by atoms with Gasteiger partial charge in [-0.25, -0.2) is 8.78 Å². The SMILES string of the molecule is CCCCCOc1ccc(C2=CCC(/C=C/c3ccc(C)c(F)c3)CC2)c(F)c1F. The maximum Gasteiger partial charge on any atom is 0.201 e. The van der Waals surface area contributed by atoms with Crippen molar-refractivity contribution in [3.63, 3.8) is 0 Å². The number of aryl methyl sites for hydroxylation is 1. The lowest BCUT2D eigenvalue weighted by molar-refractivity contribution is 0.286. The van der Waals surface area contributed by atoms with Gasteiger partial charge in [0, 0.05) is 5.56 Å². The molecule has 3 rings (SSSR count). The number of rotatable bonds is 8. The van der Waals surface area contributed by atoms with Crippen molar-refractivity contribution in [1.29, 1.82) is 0 Å². The van der Waals surface area contributed by atoms with Gasteiger partial charge in [-0.2, -0.15) is 4.39 Å². The lowest BCUT2D eigenvalue weighted by Gasteiger charge is -2.20. The molecule has 4 heteroatoms. The Bertz CT molecular complexity index is 930. The Hall–Kier alpha value is -2.49. The summed E-state index contributed by atoms with van der Waals surface area (Å²) in [7, 11) is 0. The molecule has 0 saturated carbocycles. The summed E-state index contributed by atoms with van der Waals surface area (Å²) in [6, 6.07) is 8.33. The largest absolute Gasteiger partial charge is 0.490 e. The second-order valence-electron chi connectivity index (χ2n) is 7.93. The summed E-state index contributed by atoms with van der Waals surface area (Å²) >= 11 is 0. The zero-order valence-electron chi connectivity index (χ0n) is 17.7. The minimum atomic E-state index is -0.909. The van der Waals surface area contributed by atoms with E-state index in [1.54, 1.807) is 19.1 Å². The van der Waals surface area contributed by atoms with Crippen LogP contribution in [0.4, 0.5) is 13.2 Å². The molecule has 1 unspecified atom stereocenters. The van der Waals surface area contributed by atoms with Gasteiger partial charge in [-0.05, 0) is 73.4 Å². The van der Waals surface area contributed by atoms with Gasteiger partial charge in [-0.1, -0.05) is 50.1 Å². The number of unbranched alkanes of at least 4 members (excludes halogenated alkanes) is 2. The molecule has 0 heterocycles. The average molecular weight is 415 g/mol. The molecule has 0 aromatic heterocycles. The summed E-state index contributed by atoms with van der Waals surface area (Å²) in [6.07, 6.45) is 11.1. The summed E-state index contributed by atoms with van der Waals surface area (Å²) < 4.78 is 48.1. The smallest absolute Gasteiger partial charge is 0.201 e. The Labute approximate surface area is 177 Å². The van der Waals surface area contributed by atoms with E-state index in [4.69, 9.17) is 4.74 Å². The van der Waals surface area contributed by atoms with E-state index in [1.165, 1.54) is 12.1 Å². The van der Waals surface area contributed by atoms with Gasteiger partial charge in [0.15, 0.2) is 11.6 Å². The van der Waals surface area contributed by atoms with Crippen LogP contribution in [0.2, 0.25) is 0 Å². The van der Waals surface area contributed by atoms with E-state index in [9.17, 15) is 13.2 Å². The molecule has 0 amide bonds. The fourth-order valence-corrected chi connectivity index (χ4v) is 3.66. The first-order chi connectivity index (χ1) is 14.5. The minimum Gasteiger partial charge on any atom is -0.490 e. The van der Waals surface area contributed by atoms with Crippen molar-refractivity contribution < 1.29 is 17.9 Å². The molecule has 0 spiro atoms. The van der Waals surface area contributed by atoms with Crippen molar-refractivity contribution in [2.45, 2.75) is 52.4 Å². The molecule has 2 aromatic rings. The van der Waals surface area contributed by atoms with Crippen LogP contribution in [0.5, 0.6) is 5.75 Å². The first kappa shape index (κ1) is 22.2. The molecule has 0 bridgehead atoms. The molecular formula is C26H29F3O. The lowest BCUT2D eigenvalue weighted by atomic mass is 9.86. The van der Waals surface area contributed by atoms with Gasteiger partial charge in [-0.15, -0.1) is 0 Å². The summed E-state index contributed by atoms with van der Waals surface area (Å²) in [4.78, 5) is 0. The number of ether oxygens (including phenoxy) is 1. The van der Waals surface area contributed by atoms with E-state index >= 15 is 0 Å². The van der Waals surface area contributed by atoms with Crippen molar-refractivity contribution in [1.82, 2.24) is 0 Å². The highest BCUT2D eigenvalue weighted by molar-refractivity contribution is 5.68. The summed E-state index contributed by atoms with van der Waals surface area (Å²) in [5.74, 6) is -1.67. The minimum absolute atomic E-state index is 0.0186. The molecule has 30 heavy (non-hydrogen) atoms. The molecule has 0 aliphatic heterocycles. The van der Waals surface area contributed by atoms with Crippen molar-refractivity contribution in [2.24, 2.45) is 5.92 Å². The van der Waals surface area contributed by atoms with Crippen molar-refractivity contribution in [3.05, 3.63) is 76.6 Å². The summed E-state index contributed by atoms with van der Waals surface area (Å²) in [5, 5.41) is 0. The van der Waals surface area contributed by atoms with E-state index in [1.807, 2.05) is 18.2 Å². The highest BCUT2D eigenvalue weighted by Crippen LogP contribution is 2.35. The Balaban J connectivity index is 1.63. The third-order valence-corrected chi connectivity index (χ3v) is 5.61. The maximum atomic E-state index is 14.6. The summed E-state index contributed by atoms with van der Waals surface area (Å²) in [5.41, 5.74) is 2.60. The summed E-state index contributed by atoms with van der Waals surface area (Å²) in [6.45, 7) is 4.21. The zero-order valence-corrected chi connectivity index (χ0v) is 17.7. The first-order valence-corrected chi connectivity index (χ1v) is 10.7. The molecule has 1 aliphatic carbocycles. The van der Waals surface area contributed by atoms with Crippen LogP contribution in [0.15, 0.2) is 42.5 Å². The predicted octanol–water partition coefficient (Wildman–Crippen LogP) is 7.88. The van der Waals surface area contributed by atoms with Crippen LogP contribution in [0, 0.1) is 30.3 Å². The predicted molar refractivity (Wildman–Crippen MR) is 117 cm³/mol. The van der Waals surface area contributed by atoms with E-state index in [2.05, 4.69) is 13.0 Å². The molecule has 0 fully saturated rings. The van der Waals surface area contributed by atoms with Crippen molar-refractivity contribution >= 4 is 11.6 Å². The van der Waals surface area contributed by atoms with Crippen LogP contribution in [0.3, 0.4) is 0 Å². The Morgan fingerprint density at radius 3 is 2.60 bits per heavy atom. The fourth-order valence-electron chi connectivity index (χ4n) is 3.66.